The Kier molecular flexibility index (Phi) is 4.66. The molecule has 0 radical (unpaired) electrons. The monoisotopic (exact) mass is 334 g/mol. The number of nitrogens with one attached hydrogen (secondary N) is 1. The zero-order valence-corrected chi connectivity index (χ0v) is 14.0. The van der Waals surface area contributed by atoms with Crippen LogP contribution in [0, 0.1) is 0 Å². The minimum atomic E-state index is -0.945. The Hall–Kier alpha value is -3.34. The van der Waals surface area contributed by atoms with Crippen LogP contribution in [0.5, 0.6) is 5.75 Å². The first kappa shape index (κ1) is 16.5. The number of carboxylic acids is 1. The molecule has 25 heavy (non-hydrogen) atoms. The van der Waals surface area contributed by atoms with Crippen LogP contribution in [0.25, 0.3) is 10.8 Å². The van der Waals surface area contributed by atoms with E-state index in [0.717, 1.165) is 33.5 Å². The Morgan fingerprint density at radius 2 is 1.60 bits per heavy atom. The fourth-order valence-electron chi connectivity index (χ4n) is 2.48. The topological polar surface area (TPSA) is 70.9 Å². The second-order valence-corrected chi connectivity index (χ2v) is 5.62. The number of hydrazone groups is 1. The molecule has 0 aromatic heterocycles. The fourth-order valence-corrected chi connectivity index (χ4v) is 2.48. The molecule has 0 saturated heterocycles. The van der Waals surface area contributed by atoms with E-state index in [9.17, 15) is 4.79 Å². The van der Waals surface area contributed by atoms with Gasteiger partial charge in [0.15, 0.2) is 0 Å². The van der Waals surface area contributed by atoms with Crippen LogP contribution in [-0.2, 0) is 0 Å². The van der Waals surface area contributed by atoms with E-state index in [1.807, 2.05) is 37.3 Å². The Balaban J connectivity index is 1.79. The third-order valence-corrected chi connectivity index (χ3v) is 3.95. The normalized spacial score (nSPS) is 11.4. The van der Waals surface area contributed by atoms with Crippen molar-refractivity contribution < 1.29 is 14.6 Å². The van der Waals surface area contributed by atoms with Crippen LogP contribution >= 0.6 is 0 Å². The molecule has 0 unspecified atom stereocenters. The molecule has 3 aromatic rings. The maximum atomic E-state index is 10.9. The standard InChI is InChI=1S/C20H18N2O3/c1-13(21-22-18-8-5-14(6-9-18)20(23)24)15-3-4-17-12-19(25-2)10-7-16(17)11-15/h3-12,22H,1-2H3,(H,23,24). The average Bonchev–Trinajstić information content (AvgIpc) is 2.65. The highest BCUT2D eigenvalue weighted by molar-refractivity contribution is 6.02. The summed E-state index contributed by atoms with van der Waals surface area (Å²) in [6.45, 7) is 1.92. The predicted octanol–water partition coefficient (Wildman–Crippen LogP) is 4.38. The van der Waals surface area contributed by atoms with Gasteiger partial charge in [-0.3, -0.25) is 5.43 Å². The van der Waals surface area contributed by atoms with Crippen molar-refractivity contribution in [1.29, 1.82) is 0 Å². The summed E-state index contributed by atoms with van der Waals surface area (Å²) in [5.41, 5.74) is 5.77. The SMILES string of the molecule is COc1ccc2cc(C(C)=NNc3ccc(C(=O)O)cc3)ccc2c1. The van der Waals surface area contributed by atoms with E-state index in [4.69, 9.17) is 9.84 Å². The van der Waals surface area contributed by atoms with Gasteiger partial charge in [-0.25, -0.2) is 4.79 Å². The molecule has 0 heterocycles. The summed E-state index contributed by atoms with van der Waals surface area (Å²) in [4.78, 5) is 10.9. The van der Waals surface area contributed by atoms with Crippen molar-refractivity contribution in [3.05, 3.63) is 71.8 Å². The van der Waals surface area contributed by atoms with Gasteiger partial charge < -0.3 is 9.84 Å². The van der Waals surface area contributed by atoms with Crippen molar-refractivity contribution in [2.75, 3.05) is 12.5 Å². The number of carbonyl (C=O) groups is 1. The minimum absolute atomic E-state index is 0.246. The van der Waals surface area contributed by atoms with E-state index in [-0.39, 0.29) is 5.56 Å². The van der Waals surface area contributed by atoms with Crippen molar-refractivity contribution in [3.8, 4) is 5.75 Å². The van der Waals surface area contributed by atoms with Gasteiger partial charge in [0.2, 0.25) is 0 Å². The molecule has 0 atom stereocenters. The highest BCUT2D eigenvalue weighted by Crippen LogP contribution is 2.22. The smallest absolute Gasteiger partial charge is 0.335 e. The Morgan fingerprint density at radius 1 is 0.960 bits per heavy atom. The molecule has 0 aliphatic carbocycles. The van der Waals surface area contributed by atoms with Crippen LogP contribution in [0.15, 0.2) is 65.8 Å². The summed E-state index contributed by atoms with van der Waals surface area (Å²) in [6, 6.07) is 18.5. The molecular formula is C20H18N2O3. The van der Waals surface area contributed by atoms with E-state index in [1.165, 1.54) is 0 Å². The lowest BCUT2D eigenvalue weighted by Gasteiger charge is -2.07. The number of anilines is 1. The van der Waals surface area contributed by atoms with Gasteiger partial charge in [0, 0.05) is 0 Å². The molecule has 0 aliphatic heterocycles. The van der Waals surface area contributed by atoms with Crippen molar-refractivity contribution >= 4 is 28.1 Å². The van der Waals surface area contributed by atoms with Gasteiger partial charge >= 0.3 is 5.97 Å². The molecule has 2 N–H and O–H groups in total. The fraction of sp³-hybridized carbons (Fsp3) is 0.100. The first-order valence-corrected chi connectivity index (χ1v) is 7.78. The first-order valence-electron chi connectivity index (χ1n) is 7.78. The van der Waals surface area contributed by atoms with E-state index < -0.39 is 5.97 Å². The molecular weight excluding hydrogens is 316 g/mol. The molecule has 3 rings (SSSR count). The summed E-state index contributed by atoms with van der Waals surface area (Å²) >= 11 is 0. The Morgan fingerprint density at radius 3 is 2.28 bits per heavy atom. The van der Waals surface area contributed by atoms with Crippen molar-refractivity contribution in [3.63, 3.8) is 0 Å². The lowest BCUT2D eigenvalue weighted by atomic mass is 10.0. The van der Waals surface area contributed by atoms with Gasteiger partial charge in [0.1, 0.15) is 5.75 Å². The van der Waals surface area contributed by atoms with Crippen molar-refractivity contribution in [2.45, 2.75) is 6.92 Å². The minimum Gasteiger partial charge on any atom is -0.497 e. The molecule has 5 heteroatoms. The van der Waals surface area contributed by atoms with E-state index >= 15 is 0 Å². The number of ether oxygens (including phenoxy) is 1. The van der Waals surface area contributed by atoms with Gasteiger partial charge in [-0.2, -0.15) is 5.10 Å². The lowest BCUT2D eigenvalue weighted by molar-refractivity contribution is 0.0697. The molecule has 5 nitrogen and oxygen atoms in total. The molecule has 0 bridgehead atoms. The van der Waals surface area contributed by atoms with Crippen LogP contribution in [-0.4, -0.2) is 23.9 Å². The van der Waals surface area contributed by atoms with E-state index in [1.54, 1.807) is 31.4 Å². The number of fused-ring (bicyclic) bond motifs is 1. The van der Waals surface area contributed by atoms with Gasteiger partial charge in [0.05, 0.1) is 24.1 Å². The summed E-state index contributed by atoms with van der Waals surface area (Å²) in [5, 5.41) is 15.5. The largest absolute Gasteiger partial charge is 0.497 e. The number of hydrogen-bond donors (Lipinski definition) is 2. The molecule has 0 fully saturated rings. The maximum absolute atomic E-state index is 10.9. The number of nitrogens with zero attached hydrogens (tertiary/aromatic N) is 1. The number of methoxy groups -OCH3 is 1. The summed E-state index contributed by atoms with van der Waals surface area (Å²) < 4.78 is 5.24. The number of aromatic carboxylic acids is 1. The van der Waals surface area contributed by atoms with Crippen molar-refractivity contribution in [1.82, 2.24) is 0 Å². The number of rotatable bonds is 5. The third kappa shape index (κ3) is 3.77. The average molecular weight is 334 g/mol. The van der Waals surface area contributed by atoms with Crippen LogP contribution in [0.2, 0.25) is 0 Å². The zero-order valence-electron chi connectivity index (χ0n) is 14.0. The quantitative estimate of drug-likeness (QED) is 0.536. The molecule has 0 aliphatic rings. The Bertz CT molecular complexity index is 947. The first-order chi connectivity index (χ1) is 12.1. The van der Waals surface area contributed by atoms with E-state index in [0.29, 0.717) is 0 Å². The van der Waals surface area contributed by atoms with Gasteiger partial charge in [-0.1, -0.05) is 18.2 Å². The van der Waals surface area contributed by atoms with Gasteiger partial charge in [0.25, 0.3) is 0 Å². The predicted molar refractivity (Wildman–Crippen MR) is 99.7 cm³/mol. The van der Waals surface area contributed by atoms with E-state index in [2.05, 4.69) is 16.6 Å². The second-order valence-electron chi connectivity index (χ2n) is 5.62. The number of benzene rings is 3. The van der Waals surface area contributed by atoms with Crippen LogP contribution in [0.4, 0.5) is 5.69 Å². The van der Waals surface area contributed by atoms with Crippen molar-refractivity contribution in [2.24, 2.45) is 5.10 Å². The number of hydrogen-bond acceptors (Lipinski definition) is 4. The zero-order chi connectivity index (χ0) is 17.8. The lowest BCUT2D eigenvalue weighted by Crippen LogP contribution is -2.00. The summed E-state index contributed by atoms with van der Waals surface area (Å²) in [6.07, 6.45) is 0. The molecule has 0 spiro atoms. The molecule has 126 valence electrons. The summed E-state index contributed by atoms with van der Waals surface area (Å²) in [5.74, 6) is -0.115. The highest BCUT2D eigenvalue weighted by atomic mass is 16.5. The Labute approximate surface area is 145 Å². The van der Waals surface area contributed by atoms with Gasteiger partial charge in [-0.15, -0.1) is 0 Å². The van der Waals surface area contributed by atoms with Gasteiger partial charge in [-0.05, 0) is 65.7 Å². The third-order valence-electron chi connectivity index (χ3n) is 3.95. The second kappa shape index (κ2) is 7.05. The van der Waals surface area contributed by atoms with Crippen LogP contribution < -0.4 is 10.2 Å². The van der Waals surface area contributed by atoms with Crippen LogP contribution in [0.1, 0.15) is 22.8 Å². The summed E-state index contributed by atoms with van der Waals surface area (Å²) in [7, 11) is 1.65. The number of carboxylic acid groups (broad SMARTS) is 1. The highest BCUT2D eigenvalue weighted by Gasteiger charge is 2.03. The molecule has 0 amide bonds. The molecule has 0 saturated carbocycles. The molecule has 3 aromatic carbocycles. The van der Waals surface area contributed by atoms with Crippen LogP contribution in [0.3, 0.4) is 0 Å². The maximum Gasteiger partial charge on any atom is 0.335 e.